The molecular formula is C19H30F3NO3Si. The molecular weight excluding hydrogens is 375 g/mol. The number of hydrogen-bond acceptors (Lipinski definition) is 4. The van der Waals surface area contributed by atoms with E-state index in [0.717, 1.165) is 19.5 Å². The molecule has 1 aromatic rings. The topological polar surface area (TPSA) is 41.9 Å². The van der Waals surface area contributed by atoms with Crippen LogP contribution in [0, 0.1) is 0 Å². The molecule has 0 saturated carbocycles. The summed E-state index contributed by atoms with van der Waals surface area (Å²) in [5, 5.41) is 10.6. The Hall–Kier alpha value is -1.09. The van der Waals surface area contributed by atoms with Crippen molar-refractivity contribution >= 4 is 8.32 Å². The maximum absolute atomic E-state index is 12.4. The monoisotopic (exact) mass is 405 g/mol. The molecule has 0 spiro atoms. The number of ether oxygens (including phenoxy) is 1. The standard InChI is InChI=1S/C19H30F3NO3Si/c1-18(2,3)27(4,5)26-16-9-10-23(12-16)13-17(24)14-7-6-8-15(11-14)25-19(20,21)22/h6-8,11,16-17,24H,9-10,12-13H2,1-5H3/t16-,17?/m0/s1. The van der Waals surface area contributed by atoms with Crippen molar-refractivity contribution in [3.8, 4) is 5.75 Å². The van der Waals surface area contributed by atoms with Crippen molar-refractivity contribution in [2.75, 3.05) is 19.6 Å². The number of rotatable bonds is 6. The molecule has 8 heteroatoms. The lowest BCUT2D eigenvalue weighted by Crippen LogP contribution is -2.44. The summed E-state index contributed by atoms with van der Waals surface area (Å²) >= 11 is 0. The van der Waals surface area contributed by atoms with Gasteiger partial charge in [-0.05, 0) is 42.2 Å². The molecule has 2 rings (SSSR count). The third-order valence-electron chi connectivity index (χ3n) is 5.40. The van der Waals surface area contributed by atoms with Gasteiger partial charge in [0.2, 0.25) is 0 Å². The van der Waals surface area contributed by atoms with Gasteiger partial charge in [-0.1, -0.05) is 32.9 Å². The van der Waals surface area contributed by atoms with Gasteiger partial charge >= 0.3 is 6.36 Å². The molecule has 0 amide bonds. The highest BCUT2D eigenvalue weighted by Gasteiger charge is 2.40. The zero-order valence-electron chi connectivity index (χ0n) is 16.6. The first-order valence-corrected chi connectivity index (χ1v) is 12.1. The van der Waals surface area contributed by atoms with Crippen LogP contribution in [0.3, 0.4) is 0 Å². The molecule has 1 aromatic carbocycles. The first-order chi connectivity index (χ1) is 12.3. The summed E-state index contributed by atoms with van der Waals surface area (Å²) in [7, 11) is -1.85. The van der Waals surface area contributed by atoms with Gasteiger partial charge in [0.05, 0.1) is 12.2 Å². The highest BCUT2D eigenvalue weighted by molar-refractivity contribution is 6.74. The van der Waals surface area contributed by atoms with Gasteiger partial charge in [-0.25, -0.2) is 0 Å². The molecule has 1 unspecified atom stereocenters. The Morgan fingerprint density at radius 2 is 1.93 bits per heavy atom. The number of alkyl halides is 3. The van der Waals surface area contributed by atoms with E-state index < -0.39 is 20.8 Å². The molecule has 1 saturated heterocycles. The number of benzene rings is 1. The summed E-state index contributed by atoms with van der Waals surface area (Å²) in [5.41, 5.74) is 0.408. The van der Waals surface area contributed by atoms with E-state index in [1.807, 2.05) is 0 Å². The first kappa shape index (κ1) is 22.2. The maximum atomic E-state index is 12.4. The van der Waals surface area contributed by atoms with Crippen LogP contribution in [0.4, 0.5) is 13.2 Å². The number of aliphatic hydroxyl groups excluding tert-OH is 1. The second kappa shape index (κ2) is 8.11. The van der Waals surface area contributed by atoms with E-state index >= 15 is 0 Å². The Kier molecular flexibility index (Phi) is 6.66. The molecule has 154 valence electrons. The third-order valence-corrected chi connectivity index (χ3v) is 9.94. The summed E-state index contributed by atoms with van der Waals surface area (Å²) in [6, 6.07) is 5.51. The Morgan fingerprint density at radius 3 is 2.52 bits per heavy atom. The van der Waals surface area contributed by atoms with Gasteiger partial charge < -0.3 is 14.3 Å². The molecule has 1 aliphatic rings. The normalized spacial score (nSPS) is 20.7. The van der Waals surface area contributed by atoms with E-state index in [1.54, 1.807) is 6.07 Å². The Bertz CT molecular complexity index is 631. The Balaban J connectivity index is 1.92. The summed E-state index contributed by atoms with van der Waals surface area (Å²) in [6.45, 7) is 12.9. The van der Waals surface area contributed by atoms with Crippen LogP contribution in [-0.4, -0.2) is 50.4 Å². The van der Waals surface area contributed by atoms with Crippen LogP contribution in [-0.2, 0) is 4.43 Å². The molecule has 0 bridgehead atoms. The number of β-amino-alcohol motifs (C(OH)–C–C–N with tert-alkyl or cyclic N) is 1. The molecule has 1 N–H and O–H groups in total. The molecule has 2 atom stereocenters. The first-order valence-electron chi connectivity index (χ1n) is 9.21. The molecule has 1 aliphatic heterocycles. The number of hydrogen-bond donors (Lipinski definition) is 1. The molecule has 1 fully saturated rings. The van der Waals surface area contributed by atoms with E-state index in [4.69, 9.17) is 4.43 Å². The zero-order chi connectivity index (χ0) is 20.5. The second-order valence-corrected chi connectivity index (χ2v) is 13.4. The zero-order valence-corrected chi connectivity index (χ0v) is 17.6. The van der Waals surface area contributed by atoms with Crippen molar-refractivity contribution in [2.45, 2.75) is 63.9 Å². The van der Waals surface area contributed by atoms with E-state index in [9.17, 15) is 18.3 Å². The lowest BCUT2D eigenvalue weighted by Gasteiger charge is -2.38. The molecule has 27 heavy (non-hydrogen) atoms. The lowest BCUT2D eigenvalue weighted by atomic mass is 10.1. The third kappa shape index (κ3) is 6.48. The Morgan fingerprint density at radius 1 is 1.26 bits per heavy atom. The van der Waals surface area contributed by atoms with E-state index in [-0.39, 0.29) is 16.9 Å². The lowest BCUT2D eigenvalue weighted by molar-refractivity contribution is -0.274. The van der Waals surface area contributed by atoms with Gasteiger partial charge in [-0.3, -0.25) is 4.90 Å². The highest BCUT2D eigenvalue weighted by atomic mass is 28.4. The molecule has 0 aliphatic carbocycles. The fraction of sp³-hybridized carbons (Fsp3) is 0.684. The van der Waals surface area contributed by atoms with Crippen LogP contribution >= 0.6 is 0 Å². The van der Waals surface area contributed by atoms with Crippen LogP contribution in [0.5, 0.6) is 5.75 Å². The largest absolute Gasteiger partial charge is 0.573 e. The van der Waals surface area contributed by atoms with Crippen molar-refractivity contribution in [2.24, 2.45) is 0 Å². The van der Waals surface area contributed by atoms with Gasteiger partial charge in [0.15, 0.2) is 8.32 Å². The SMILES string of the molecule is CC(C)(C)[Si](C)(C)O[C@H]1CCN(CC(O)c2cccc(OC(F)(F)F)c2)C1. The summed E-state index contributed by atoms with van der Waals surface area (Å²) in [4.78, 5) is 2.10. The van der Waals surface area contributed by atoms with Crippen molar-refractivity contribution in [1.29, 1.82) is 0 Å². The number of nitrogens with zero attached hydrogens (tertiary/aromatic N) is 1. The van der Waals surface area contributed by atoms with E-state index in [1.165, 1.54) is 18.2 Å². The predicted octanol–water partition coefficient (Wildman–Crippen LogP) is 4.71. The van der Waals surface area contributed by atoms with Crippen molar-refractivity contribution in [3.63, 3.8) is 0 Å². The fourth-order valence-electron chi connectivity index (χ4n) is 2.92. The van der Waals surface area contributed by atoms with Crippen molar-refractivity contribution in [1.82, 2.24) is 4.90 Å². The molecule has 1 heterocycles. The summed E-state index contributed by atoms with van der Waals surface area (Å²) in [6.07, 6.45) is -4.59. The van der Waals surface area contributed by atoms with Crippen LogP contribution < -0.4 is 4.74 Å². The van der Waals surface area contributed by atoms with Gasteiger partial charge in [-0.15, -0.1) is 13.2 Å². The number of likely N-dealkylation sites (tertiary alicyclic amines) is 1. The average Bonchev–Trinajstić information content (AvgIpc) is 2.90. The van der Waals surface area contributed by atoms with Gasteiger partial charge in [0.25, 0.3) is 0 Å². The number of halogens is 3. The van der Waals surface area contributed by atoms with Gasteiger partial charge in [0.1, 0.15) is 5.75 Å². The van der Waals surface area contributed by atoms with E-state index in [2.05, 4.69) is 43.5 Å². The minimum Gasteiger partial charge on any atom is -0.413 e. The molecule has 4 nitrogen and oxygen atoms in total. The summed E-state index contributed by atoms with van der Waals surface area (Å²) < 4.78 is 47.4. The summed E-state index contributed by atoms with van der Waals surface area (Å²) in [5.74, 6) is -0.320. The molecule has 0 radical (unpaired) electrons. The predicted molar refractivity (Wildman–Crippen MR) is 101 cm³/mol. The highest BCUT2D eigenvalue weighted by Crippen LogP contribution is 2.38. The van der Waals surface area contributed by atoms with Crippen LogP contribution in [0.25, 0.3) is 0 Å². The number of aliphatic hydroxyl groups is 1. The average molecular weight is 406 g/mol. The van der Waals surface area contributed by atoms with Crippen LogP contribution in [0.15, 0.2) is 24.3 Å². The van der Waals surface area contributed by atoms with Gasteiger partial charge in [0, 0.05) is 19.6 Å². The molecule has 0 aromatic heterocycles. The second-order valence-electron chi connectivity index (χ2n) is 8.68. The maximum Gasteiger partial charge on any atom is 0.573 e. The smallest absolute Gasteiger partial charge is 0.413 e. The fourth-order valence-corrected chi connectivity index (χ4v) is 4.30. The van der Waals surface area contributed by atoms with Gasteiger partial charge in [-0.2, -0.15) is 0 Å². The van der Waals surface area contributed by atoms with Crippen molar-refractivity contribution < 1.29 is 27.4 Å². The van der Waals surface area contributed by atoms with Crippen LogP contribution in [0.1, 0.15) is 38.9 Å². The van der Waals surface area contributed by atoms with Crippen LogP contribution in [0.2, 0.25) is 18.1 Å². The quantitative estimate of drug-likeness (QED) is 0.696. The minimum absolute atomic E-state index is 0.137. The Labute approximate surface area is 160 Å². The minimum atomic E-state index is -4.74. The van der Waals surface area contributed by atoms with Crippen molar-refractivity contribution in [3.05, 3.63) is 29.8 Å². The van der Waals surface area contributed by atoms with E-state index in [0.29, 0.717) is 12.1 Å².